The minimum absolute atomic E-state index is 0. The van der Waals surface area contributed by atoms with Gasteiger partial charge >= 0.3 is 5.97 Å². The maximum atomic E-state index is 13.7. The first-order valence-electron chi connectivity index (χ1n) is 5.38. The summed E-state index contributed by atoms with van der Waals surface area (Å²) in [6, 6.07) is 0.776. The summed E-state index contributed by atoms with van der Waals surface area (Å²) in [5.41, 5.74) is 4.48. The quantitative estimate of drug-likeness (QED) is 0.510. The molecule has 0 spiro atoms. The predicted octanol–water partition coefficient (Wildman–Crippen LogP) is 2.06. The number of nitro groups is 1. The molecule has 0 saturated heterocycles. The summed E-state index contributed by atoms with van der Waals surface area (Å²) < 4.78 is 31.2. The first-order chi connectivity index (χ1) is 8.88. The molecule has 0 fully saturated rings. The number of carbonyl (C=O) groups excluding carboxylic acids is 1. The highest BCUT2D eigenvalue weighted by Crippen LogP contribution is 2.28. The molecular weight excluding hydrogens is 298 g/mol. The Hall–Kier alpha value is -1.80. The summed E-state index contributed by atoms with van der Waals surface area (Å²) in [5.74, 6) is -2.05. The Balaban J connectivity index is 0.00000361. The van der Waals surface area contributed by atoms with Crippen molar-refractivity contribution in [1.82, 2.24) is 0 Å². The molecular formula is C11H13ClF2N2O4. The van der Waals surface area contributed by atoms with E-state index in [0.29, 0.717) is 0 Å². The second-order valence-corrected chi connectivity index (χ2v) is 3.64. The van der Waals surface area contributed by atoms with Gasteiger partial charge in [-0.1, -0.05) is 0 Å². The number of ether oxygens (including phenoxy) is 1. The summed E-state index contributed by atoms with van der Waals surface area (Å²) in [5, 5.41) is 10.7. The van der Waals surface area contributed by atoms with Gasteiger partial charge < -0.3 is 10.5 Å². The second-order valence-electron chi connectivity index (χ2n) is 3.64. The fourth-order valence-corrected chi connectivity index (χ4v) is 1.48. The minimum atomic E-state index is -2.31. The zero-order valence-corrected chi connectivity index (χ0v) is 11.2. The highest BCUT2D eigenvalue weighted by atomic mass is 35.5. The number of hydrogen-bond acceptors (Lipinski definition) is 5. The van der Waals surface area contributed by atoms with Crippen molar-refractivity contribution in [2.45, 2.75) is 19.1 Å². The summed E-state index contributed by atoms with van der Waals surface area (Å²) in [7, 11) is 0. The Kier molecular flexibility index (Phi) is 7.01. The number of nitro benzene ring substituents is 1. The number of alkyl halides is 1. The van der Waals surface area contributed by atoms with Crippen LogP contribution >= 0.6 is 12.4 Å². The number of benzene rings is 1. The third kappa shape index (κ3) is 4.10. The molecule has 0 saturated carbocycles. The third-order valence-electron chi connectivity index (χ3n) is 2.37. The van der Waals surface area contributed by atoms with Crippen LogP contribution in [0.25, 0.3) is 0 Å². The molecule has 20 heavy (non-hydrogen) atoms. The van der Waals surface area contributed by atoms with Crippen molar-refractivity contribution in [2.24, 2.45) is 5.73 Å². The van der Waals surface area contributed by atoms with Gasteiger partial charge in [-0.2, -0.15) is 0 Å². The maximum absolute atomic E-state index is 13.7. The molecule has 2 atom stereocenters. The Morgan fingerprint density at radius 2 is 2.15 bits per heavy atom. The summed E-state index contributed by atoms with van der Waals surface area (Å²) >= 11 is 0. The molecule has 0 heterocycles. The van der Waals surface area contributed by atoms with Gasteiger partial charge in [-0.3, -0.25) is 10.1 Å². The van der Waals surface area contributed by atoms with Crippen molar-refractivity contribution in [3.8, 4) is 0 Å². The van der Waals surface area contributed by atoms with Crippen LogP contribution in [0, 0.1) is 15.9 Å². The first-order valence-corrected chi connectivity index (χ1v) is 5.38. The number of nitrogens with two attached hydrogens (primary N) is 1. The highest BCUT2D eigenvalue weighted by molar-refractivity contribution is 5.85. The Morgan fingerprint density at radius 1 is 1.55 bits per heavy atom. The number of halogens is 3. The lowest BCUT2D eigenvalue weighted by atomic mass is 10.0. The van der Waals surface area contributed by atoms with Gasteiger partial charge in [-0.05, 0) is 19.1 Å². The Labute approximate surface area is 119 Å². The lowest BCUT2D eigenvalue weighted by Crippen LogP contribution is -2.32. The monoisotopic (exact) mass is 310 g/mol. The van der Waals surface area contributed by atoms with E-state index in [9.17, 15) is 23.7 Å². The maximum Gasteiger partial charge on any atom is 0.342 e. The third-order valence-corrected chi connectivity index (χ3v) is 2.37. The molecule has 1 rings (SSSR count). The molecule has 0 radical (unpaired) electrons. The molecule has 0 aromatic heterocycles. The van der Waals surface area contributed by atoms with E-state index in [4.69, 9.17) is 5.73 Å². The van der Waals surface area contributed by atoms with E-state index in [2.05, 4.69) is 4.74 Å². The van der Waals surface area contributed by atoms with Crippen LogP contribution in [-0.2, 0) is 9.53 Å². The topological polar surface area (TPSA) is 95.5 Å². The SMILES string of the molecule is CCOC(=O)C(F)[C@@H](N)c1cc(F)ccc1[N+](=O)[O-].Cl. The zero-order valence-electron chi connectivity index (χ0n) is 10.4. The van der Waals surface area contributed by atoms with Crippen LogP contribution in [0.15, 0.2) is 18.2 Å². The number of nitrogens with zero attached hydrogens (tertiary/aromatic N) is 1. The molecule has 0 aliphatic heterocycles. The molecule has 1 aromatic carbocycles. The average Bonchev–Trinajstić information content (AvgIpc) is 2.36. The predicted molar refractivity (Wildman–Crippen MR) is 68.8 cm³/mol. The van der Waals surface area contributed by atoms with Crippen LogP contribution in [0.5, 0.6) is 0 Å². The standard InChI is InChI=1S/C11H12F2N2O4.ClH/c1-2-19-11(16)9(13)10(14)7-5-6(12)3-4-8(7)15(17)18;/h3-5,9-10H,2,14H2,1H3;1H/t9?,10-;/m0./s1. The smallest absolute Gasteiger partial charge is 0.342 e. The molecule has 112 valence electrons. The van der Waals surface area contributed by atoms with Crippen LogP contribution in [-0.4, -0.2) is 23.7 Å². The van der Waals surface area contributed by atoms with Gasteiger partial charge in [-0.25, -0.2) is 13.6 Å². The lowest BCUT2D eigenvalue weighted by Gasteiger charge is -2.15. The zero-order chi connectivity index (χ0) is 14.6. The normalized spacial score (nSPS) is 13.0. The largest absolute Gasteiger partial charge is 0.464 e. The Bertz CT molecular complexity index is 501. The van der Waals surface area contributed by atoms with E-state index >= 15 is 0 Å². The van der Waals surface area contributed by atoms with E-state index in [0.717, 1.165) is 18.2 Å². The number of hydrogen-bond donors (Lipinski definition) is 1. The summed E-state index contributed by atoms with van der Waals surface area (Å²) in [6.45, 7) is 1.41. The van der Waals surface area contributed by atoms with Crippen LogP contribution in [0.1, 0.15) is 18.5 Å². The minimum Gasteiger partial charge on any atom is -0.464 e. The molecule has 0 aliphatic rings. The molecule has 2 N–H and O–H groups in total. The van der Waals surface area contributed by atoms with Crippen LogP contribution < -0.4 is 5.73 Å². The molecule has 1 aromatic rings. The van der Waals surface area contributed by atoms with Gasteiger partial charge in [0.2, 0.25) is 6.17 Å². The van der Waals surface area contributed by atoms with E-state index in [-0.39, 0.29) is 19.0 Å². The average molecular weight is 311 g/mol. The molecule has 0 amide bonds. The molecule has 6 nitrogen and oxygen atoms in total. The van der Waals surface area contributed by atoms with E-state index < -0.39 is 40.2 Å². The van der Waals surface area contributed by atoms with Crippen molar-refractivity contribution in [3.05, 3.63) is 39.7 Å². The molecule has 0 aliphatic carbocycles. The van der Waals surface area contributed by atoms with Crippen LogP contribution in [0.2, 0.25) is 0 Å². The van der Waals surface area contributed by atoms with Gasteiger partial charge in [0.1, 0.15) is 5.82 Å². The Morgan fingerprint density at radius 3 is 2.65 bits per heavy atom. The van der Waals surface area contributed by atoms with Crippen LogP contribution in [0.4, 0.5) is 14.5 Å². The number of esters is 1. The first kappa shape index (κ1) is 18.2. The molecule has 0 bridgehead atoms. The van der Waals surface area contributed by atoms with Crippen molar-refractivity contribution < 1.29 is 23.2 Å². The van der Waals surface area contributed by atoms with E-state index in [1.165, 1.54) is 6.92 Å². The molecule has 9 heteroatoms. The molecule has 1 unspecified atom stereocenters. The lowest BCUT2D eigenvalue weighted by molar-refractivity contribution is -0.385. The number of rotatable bonds is 5. The van der Waals surface area contributed by atoms with Gasteiger partial charge in [0.25, 0.3) is 5.69 Å². The van der Waals surface area contributed by atoms with Gasteiger partial charge in [0.05, 0.1) is 23.1 Å². The highest BCUT2D eigenvalue weighted by Gasteiger charge is 2.32. The van der Waals surface area contributed by atoms with Gasteiger partial charge in [0, 0.05) is 6.07 Å². The van der Waals surface area contributed by atoms with E-state index in [1.54, 1.807) is 0 Å². The van der Waals surface area contributed by atoms with Crippen molar-refractivity contribution in [3.63, 3.8) is 0 Å². The fourth-order valence-electron chi connectivity index (χ4n) is 1.48. The second kappa shape index (κ2) is 7.71. The van der Waals surface area contributed by atoms with Gasteiger partial charge in [-0.15, -0.1) is 12.4 Å². The number of carbonyl (C=O) groups is 1. The van der Waals surface area contributed by atoms with Crippen molar-refractivity contribution in [1.29, 1.82) is 0 Å². The fraction of sp³-hybridized carbons (Fsp3) is 0.364. The van der Waals surface area contributed by atoms with Crippen molar-refractivity contribution >= 4 is 24.1 Å². The van der Waals surface area contributed by atoms with Gasteiger partial charge in [0.15, 0.2) is 0 Å². The summed E-state index contributed by atoms with van der Waals surface area (Å²) in [4.78, 5) is 21.1. The summed E-state index contributed by atoms with van der Waals surface area (Å²) in [6.07, 6.45) is -2.31. The van der Waals surface area contributed by atoms with Crippen LogP contribution in [0.3, 0.4) is 0 Å². The van der Waals surface area contributed by atoms with E-state index in [1.807, 2.05) is 0 Å². The van der Waals surface area contributed by atoms with Crippen molar-refractivity contribution in [2.75, 3.05) is 6.61 Å².